The van der Waals surface area contributed by atoms with Gasteiger partial charge in [-0.05, 0) is 29.8 Å². The average Bonchev–Trinajstić information content (AvgIpc) is 2.96. The summed E-state index contributed by atoms with van der Waals surface area (Å²) < 4.78 is 7.09. The second-order valence-corrected chi connectivity index (χ2v) is 5.04. The Morgan fingerprint density at radius 3 is 2.73 bits per heavy atom. The minimum absolute atomic E-state index is 0.00894. The lowest BCUT2D eigenvalue weighted by Gasteiger charge is -2.15. The molecule has 2 heterocycles. The predicted molar refractivity (Wildman–Crippen MR) is 82.3 cm³/mol. The molecule has 0 amide bonds. The van der Waals surface area contributed by atoms with Gasteiger partial charge in [0.1, 0.15) is 11.4 Å². The summed E-state index contributed by atoms with van der Waals surface area (Å²) in [5, 5.41) is 9.26. The van der Waals surface area contributed by atoms with E-state index < -0.39 is 5.97 Å². The van der Waals surface area contributed by atoms with Gasteiger partial charge in [-0.15, -0.1) is 0 Å². The van der Waals surface area contributed by atoms with Crippen LogP contribution in [0, 0.1) is 0 Å². The van der Waals surface area contributed by atoms with Crippen molar-refractivity contribution in [3.8, 4) is 5.75 Å². The van der Waals surface area contributed by atoms with Gasteiger partial charge in [-0.25, -0.2) is 4.98 Å². The van der Waals surface area contributed by atoms with Crippen LogP contribution in [-0.4, -0.2) is 27.6 Å². The summed E-state index contributed by atoms with van der Waals surface area (Å²) >= 11 is 0. The number of pyridine rings is 1. The molecule has 0 radical (unpaired) electrons. The number of ether oxygens (including phenoxy) is 1. The quantitative estimate of drug-likeness (QED) is 0.786. The maximum Gasteiger partial charge on any atom is 0.304 e. The molecule has 1 aromatic carbocycles. The maximum absolute atomic E-state index is 11.3. The molecular formula is C17H16N2O3. The van der Waals surface area contributed by atoms with Crippen molar-refractivity contribution in [1.29, 1.82) is 0 Å². The van der Waals surface area contributed by atoms with Gasteiger partial charge in [0.15, 0.2) is 0 Å². The Labute approximate surface area is 127 Å². The summed E-state index contributed by atoms with van der Waals surface area (Å²) in [5.74, 6) is -0.358. The Hall–Kier alpha value is -2.82. The molecule has 0 aliphatic heterocycles. The van der Waals surface area contributed by atoms with Crippen LogP contribution in [0.2, 0.25) is 0 Å². The first-order chi connectivity index (χ1) is 10.7. The van der Waals surface area contributed by atoms with Gasteiger partial charge in [0.2, 0.25) is 0 Å². The molecular weight excluding hydrogens is 280 g/mol. The van der Waals surface area contributed by atoms with Crippen LogP contribution >= 0.6 is 0 Å². The van der Waals surface area contributed by atoms with Crippen molar-refractivity contribution in [2.75, 3.05) is 7.11 Å². The molecule has 0 spiro atoms. The first kappa shape index (κ1) is 14.1. The number of benzene rings is 1. The van der Waals surface area contributed by atoms with Crippen LogP contribution in [0.15, 0.2) is 54.9 Å². The van der Waals surface area contributed by atoms with E-state index in [1.54, 1.807) is 13.3 Å². The Bertz CT molecular complexity index is 793. The predicted octanol–water partition coefficient (Wildman–Crippen LogP) is 2.95. The minimum atomic E-state index is -0.841. The van der Waals surface area contributed by atoms with Crippen LogP contribution in [0.5, 0.6) is 5.75 Å². The standard InChI is InChI=1S/C17H16N2O3/c1-22-13-7-5-12(6-8-13)14(10-17(20)21)15-11-18-16-4-2-3-9-19(15)16/h2-9,11,14H,10H2,1H3,(H,20,21). The monoisotopic (exact) mass is 296 g/mol. The first-order valence-corrected chi connectivity index (χ1v) is 6.97. The van der Waals surface area contributed by atoms with Crippen LogP contribution < -0.4 is 4.74 Å². The molecule has 5 heteroatoms. The van der Waals surface area contributed by atoms with E-state index in [4.69, 9.17) is 4.74 Å². The third-order valence-electron chi connectivity index (χ3n) is 3.70. The van der Waals surface area contributed by atoms with Crippen molar-refractivity contribution in [2.24, 2.45) is 0 Å². The fourth-order valence-electron chi connectivity index (χ4n) is 2.61. The van der Waals surface area contributed by atoms with Crippen molar-refractivity contribution in [3.63, 3.8) is 0 Å². The zero-order chi connectivity index (χ0) is 15.5. The van der Waals surface area contributed by atoms with Crippen molar-refractivity contribution < 1.29 is 14.6 Å². The number of nitrogens with zero attached hydrogens (tertiary/aromatic N) is 2. The zero-order valence-corrected chi connectivity index (χ0v) is 12.1. The number of aromatic nitrogens is 2. The number of carboxylic acid groups (broad SMARTS) is 1. The molecule has 0 saturated carbocycles. The van der Waals surface area contributed by atoms with E-state index in [2.05, 4.69) is 4.98 Å². The molecule has 0 bridgehead atoms. The van der Waals surface area contributed by atoms with Crippen LogP contribution in [0.1, 0.15) is 23.6 Å². The highest BCUT2D eigenvalue weighted by Crippen LogP contribution is 2.29. The SMILES string of the molecule is COc1ccc(C(CC(=O)O)c2cnc3ccccn23)cc1. The Balaban J connectivity index is 2.07. The molecule has 0 aliphatic rings. The van der Waals surface area contributed by atoms with Crippen molar-refractivity contribution in [1.82, 2.24) is 9.38 Å². The molecule has 3 aromatic rings. The topological polar surface area (TPSA) is 63.8 Å². The summed E-state index contributed by atoms with van der Waals surface area (Å²) in [6.07, 6.45) is 3.65. The number of carboxylic acids is 1. The number of hydrogen-bond donors (Lipinski definition) is 1. The van der Waals surface area contributed by atoms with E-state index in [9.17, 15) is 9.90 Å². The third-order valence-corrected chi connectivity index (χ3v) is 3.70. The van der Waals surface area contributed by atoms with E-state index in [-0.39, 0.29) is 12.3 Å². The summed E-state index contributed by atoms with van der Waals surface area (Å²) in [4.78, 5) is 15.6. The number of rotatable bonds is 5. The molecule has 1 unspecified atom stereocenters. The molecule has 0 saturated heterocycles. The summed E-state index contributed by atoms with van der Waals surface area (Å²) in [6.45, 7) is 0. The summed E-state index contributed by atoms with van der Waals surface area (Å²) in [6, 6.07) is 13.2. The van der Waals surface area contributed by atoms with Gasteiger partial charge in [-0.3, -0.25) is 4.79 Å². The normalized spacial score (nSPS) is 12.2. The number of methoxy groups -OCH3 is 1. The van der Waals surface area contributed by atoms with Gasteiger partial charge in [-0.2, -0.15) is 0 Å². The first-order valence-electron chi connectivity index (χ1n) is 6.97. The van der Waals surface area contributed by atoms with E-state index in [1.807, 2.05) is 53.1 Å². The number of carbonyl (C=O) groups is 1. The molecule has 112 valence electrons. The van der Waals surface area contributed by atoms with Crippen LogP contribution in [0.4, 0.5) is 0 Å². The summed E-state index contributed by atoms with van der Waals surface area (Å²) in [7, 11) is 1.61. The second-order valence-electron chi connectivity index (χ2n) is 5.04. The molecule has 5 nitrogen and oxygen atoms in total. The van der Waals surface area contributed by atoms with Gasteiger partial charge in [-0.1, -0.05) is 18.2 Å². The third kappa shape index (κ3) is 2.65. The largest absolute Gasteiger partial charge is 0.497 e. The smallest absolute Gasteiger partial charge is 0.304 e. The van der Waals surface area contributed by atoms with Crippen LogP contribution in [0.3, 0.4) is 0 Å². The van der Waals surface area contributed by atoms with Crippen molar-refractivity contribution in [2.45, 2.75) is 12.3 Å². The van der Waals surface area contributed by atoms with Gasteiger partial charge < -0.3 is 14.2 Å². The van der Waals surface area contributed by atoms with Crippen molar-refractivity contribution >= 4 is 11.6 Å². The minimum Gasteiger partial charge on any atom is -0.497 e. The Morgan fingerprint density at radius 1 is 1.27 bits per heavy atom. The molecule has 1 atom stereocenters. The number of imidazole rings is 1. The average molecular weight is 296 g/mol. The van der Waals surface area contributed by atoms with E-state index in [0.29, 0.717) is 0 Å². The lowest BCUT2D eigenvalue weighted by atomic mass is 9.92. The highest BCUT2D eigenvalue weighted by molar-refractivity contribution is 5.69. The fraction of sp³-hybridized carbons (Fsp3) is 0.176. The zero-order valence-electron chi connectivity index (χ0n) is 12.1. The van der Waals surface area contributed by atoms with Gasteiger partial charge >= 0.3 is 5.97 Å². The van der Waals surface area contributed by atoms with Gasteiger partial charge in [0.05, 0.1) is 19.2 Å². The number of hydrogen-bond acceptors (Lipinski definition) is 3. The lowest BCUT2D eigenvalue weighted by molar-refractivity contribution is -0.137. The summed E-state index contributed by atoms with van der Waals surface area (Å²) in [5.41, 5.74) is 2.60. The van der Waals surface area contributed by atoms with Gasteiger partial charge in [0, 0.05) is 18.3 Å². The highest BCUT2D eigenvalue weighted by Gasteiger charge is 2.21. The number of fused-ring (bicyclic) bond motifs is 1. The lowest BCUT2D eigenvalue weighted by Crippen LogP contribution is -2.10. The van der Waals surface area contributed by atoms with Crippen molar-refractivity contribution in [3.05, 3.63) is 66.1 Å². The molecule has 22 heavy (non-hydrogen) atoms. The fourth-order valence-corrected chi connectivity index (χ4v) is 2.61. The maximum atomic E-state index is 11.3. The molecule has 0 aliphatic carbocycles. The number of aliphatic carboxylic acids is 1. The molecule has 1 N–H and O–H groups in total. The molecule has 0 fully saturated rings. The highest BCUT2D eigenvalue weighted by atomic mass is 16.5. The molecule has 2 aromatic heterocycles. The van der Waals surface area contributed by atoms with E-state index in [0.717, 1.165) is 22.7 Å². The van der Waals surface area contributed by atoms with Crippen LogP contribution in [0.25, 0.3) is 5.65 Å². The molecule has 3 rings (SSSR count). The van der Waals surface area contributed by atoms with E-state index in [1.165, 1.54) is 0 Å². The Kier molecular flexibility index (Phi) is 3.78. The van der Waals surface area contributed by atoms with E-state index >= 15 is 0 Å². The van der Waals surface area contributed by atoms with Crippen LogP contribution in [-0.2, 0) is 4.79 Å². The second kappa shape index (κ2) is 5.89. The Morgan fingerprint density at radius 2 is 2.05 bits per heavy atom. The van der Waals surface area contributed by atoms with Gasteiger partial charge in [0.25, 0.3) is 0 Å².